The van der Waals surface area contributed by atoms with Gasteiger partial charge >= 0.3 is 6.09 Å². The average Bonchev–Trinajstić information content (AvgIpc) is 3.26. The molecule has 3 rings (SSSR count). The third-order valence-electron chi connectivity index (χ3n) is 3.50. The van der Waals surface area contributed by atoms with Gasteiger partial charge in [0.15, 0.2) is 0 Å². The lowest BCUT2D eigenvalue weighted by Gasteiger charge is -2.08. The van der Waals surface area contributed by atoms with Gasteiger partial charge in [-0.2, -0.15) is 5.10 Å². The maximum Gasteiger partial charge on any atom is 0.407 e. The number of thiophene rings is 1. The highest BCUT2D eigenvalue weighted by molar-refractivity contribution is 7.23. The molecule has 0 radical (unpaired) electrons. The second kappa shape index (κ2) is 8.24. The van der Waals surface area contributed by atoms with Gasteiger partial charge in [0.25, 0.3) is 5.56 Å². The predicted octanol–water partition coefficient (Wildman–Crippen LogP) is 3.15. The number of aromatic nitrogens is 3. The summed E-state index contributed by atoms with van der Waals surface area (Å²) < 4.78 is 6.13. The summed E-state index contributed by atoms with van der Waals surface area (Å²) in [4.78, 5) is 30.0. The molecule has 0 saturated heterocycles. The summed E-state index contributed by atoms with van der Waals surface area (Å²) in [7, 11) is 0. The van der Waals surface area contributed by atoms with E-state index in [1.54, 1.807) is 35.7 Å². The first-order valence-electron chi connectivity index (χ1n) is 8.09. The van der Waals surface area contributed by atoms with E-state index in [1.165, 1.54) is 10.7 Å². The molecule has 1 amide bonds. The van der Waals surface area contributed by atoms with Crippen molar-refractivity contribution in [2.24, 2.45) is 0 Å². The number of nitrogens with zero attached hydrogens (tertiary/aromatic N) is 3. The fourth-order valence-corrected chi connectivity index (χ4v) is 4.14. The van der Waals surface area contributed by atoms with E-state index >= 15 is 0 Å². The summed E-state index contributed by atoms with van der Waals surface area (Å²) in [6.07, 6.45) is -0.504. The van der Waals surface area contributed by atoms with Gasteiger partial charge in [0.2, 0.25) is 0 Å². The van der Waals surface area contributed by atoms with Crippen molar-refractivity contribution >= 4 is 28.8 Å². The van der Waals surface area contributed by atoms with Gasteiger partial charge in [-0.15, -0.1) is 22.7 Å². The molecule has 7 nitrogen and oxygen atoms in total. The quantitative estimate of drug-likeness (QED) is 0.699. The second-order valence-electron chi connectivity index (χ2n) is 5.34. The topological polar surface area (TPSA) is 86.1 Å². The zero-order valence-corrected chi connectivity index (χ0v) is 16.0. The minimum absolute atomic E-state index is 0.222. The number of carbonyl (C=O) groups is 1. The number of thiazole rings is 1. The molecule has 3 aromatic rings. The smallest absolute Gasteiger partial charge is 0.407 e. The SMILES string of the molecule is CCOC(=O)NCCn1nc(-c2sc(-c3cccs3)nc2C)ccc1=O. The number of hydrogen-bond acceptors (Lipinski definition) is 7. The fourth-order valence-electron chi connectivity index (χ4n) is 2.32. The third-order valence-corrected chi connectivity index (χ3v) is 5.72. The van der Waals surface area contributed by atoms with E-state index in [9.17, 15) is 9.59 Å². The third kappa shape index (κ3) is 4.17. The Hall–Kier alpha value is -2.52. The van der Waals surface area contributed by atoms with E-state index < -0.39 is 6.09 Å². The van der Waals surface area contributed by atoms with Gasteiger partial charge < -0.3 is 10.1 Å². The number of nitrogens with one attached hydrogen (secondary N) is 1. The van der Waals surface area contributed by atoms with E-state index in [0.717, 1.165) is 20.5 Å². The lowest BCUT2D eigenvalue weighted by Crippen LogP contribution is -2.32. The highest BCUT2D eigenvalue weighted by Gasteiger charge is 2.14. The van der Waals surface area contributed by atoms with Crippen LogP contribution in [0.2, 0.25) is 0 Å². The summed E-state index contributed by atoms with van der Waals surface area (Å²) in [5.74, 6) is 0. The molecule has 26 heavy (non-hydrogen) atoms. The molecule has 9 heteroatoms. The Morgan fingerprint density at radius 3 is 2.92 bits per heavy atom. The lowest BCUT2D eigenvalue weighted by atomic mass is 10.3. The molecular weight excluding hydrogens is 372 g/mol. The molecule has 0 aliphatic rings. The van der Waals surface area contributed by atoms with Gasteiger partial charge in [0.1, 0.15) is 10.7 Å². The number of amides is 1. The number of rotatable bonds is 6. The maximum absolute atomic E-state index is 12.0. The van der Waals surface area contributed by atoms with Crippen molar-refractivity contribution in [1.29, 1.82) is 0 Å². The molecule has 0 bridgehead atoms. The number of hydrogen-bond donors (Lipinski definition) is 1. The van der Waals surface area contributed by atoms with Crippen LogP contribution in [0.25, 0.3) is 20.5 Å². The molecule has 0 aliphatic carbocycles. The normalized spacial score (nSPS) is 10.7. The first-order valence-corrected chi connectivity index (χ1v) is 9.78. The molecule has 0 saturated carbocycles. The number of alkyl carbamates (subject to hydrolysis) is 1. The Balaban J connectivity index is 1.79. The minimum atomic E-state index is -0.504. The highest BCUT2D eigenvalue weighted by atomic mass is 32.1. The summed E-state index contributed by atoms with van der Waals surface area (Å²) >= 11 is 3.19. The maximum atomic E-state index is 12.0. The van der Waals surface area contributed by atoms with Crippen LogP contribution in [-0.2, 0) is 11.3 Å². The molecular formula is C17H18N4O3S2. The van der Waals surface area contributed by atoms with Crippen molar-refractivity contribution in [2.45, 2.75) is 20.4 Å². The van der Waals surface area contributed by atoms with Crippen molar-refractivity contribution in [3.8, 4) is 20.5 Å². The van der Waals surface area contributed by atoms with Gasteiger partial charge in [0, 0.05) is 12.6 Å². The Morgan fingerprint density at radius 1 is 1.35 bits per heavy atom. The standard InChI is InChI=1S/C17H18N4O3S2/c1-3-24-17(23)18-8-9-21-14(22)7-6-12(20-21)15-11(2)19-16(26-15)13-5-4-10-25-13/h4-7,10H,3,8-9H2,1-2H3,(H,18,23). The average molecular weight is 390 g/mol. The number of aryl methyl sites for hydroxylation is 1. The Morgan fingerprint density at radius 2 is 2.19 bits per heavy atom. The largest absolute Gasteiger partial charge is 0.450 e. The van der Waals surface area contributed by atoms with Gasteiger partial charge in [-0.25, -0.2) is 14.5 Å². The van der Waals surface area contributed by atoms with Crippen molar-refractivity contribution < 1.29 is 9.53 Å². The number of carbonyl (C=O) groups excluding carboxylic acids is 1. The predicted molar refractivity (Wildman–Crippen MR) is 103 cm³/mol. The van der Waals surface area contributed by atoms with Crippen molar-refractivity contribution in [3.05, 3.63) is 45.7 Å². The Kier molecular flexibility index (Phi) is 5.79. The van der Waals surface area contributed by atoms with E-state index in [-0.39, 0.29) is 18.6 Å². The van der Waals surface area contributed by atoms with Crippen LogP contribution in [0.15, 0.2) is 34.4 Å². The van der Waals surface area contributed by atoms with Gasteiger partial charge in [-0.1, -0.05) is 6.07 Å². The molecule has 0 atom stereocenters. The summed E-state index contributed by atoms with van der Waals surface area (Å²) in [5.41, 5.74) is 1.35. The molecule has 3 aromatic heterocycles. The van der Waals surface area contributed by atoms with Crippen LogP contribution in [0, 0.1) is 6.92 Å². The van der Waals surface area contributed by atoms with Gasteiger partial charge in [0.05, 0.1) is 28.6 Å². The summed E-state index contributed by atoms with van der Waals surface area (Å²) in [6.45, 7) is 4.49. The molecule has 0 spiro atoms. The van der Waals surface area contributed by atoms with Crippen molar-refractivity contribution in [2.75, 3.05) is 13.2 Å². The lowest BCUT2D eigenvalue weighted by molar-refractivity contribution is 0.151. The van der Waals surface area contributed by atoms with E-state index in [4.69, 9.17) is 4.74 Å². The first-order chi connectivity index (χ1) is 12.6. The zero-order valence-electron chi connectivity index (χ0n) is 14.4. The van der Waals surface area contributed by atoms with Gasteiger partial charge in [-0.05, 0) is 31.4 Å². The molecule has 0 aliphatic heterocycles. The van der Waals surface area contributed by atoms with Gasteiger partial charge in [-0.3, -0.25) is 4.79 Å². The van der Waals surface area contributed by atoms with Crippen LogP contribution < -0.4 is 10.9 Å². The van der Waals surface area contributed by atoms with Crippen LogP contribution in [0.1, 0.15) is 12.6 Å². The van der Waals surface area contributed by atoms with Crippen LogP contribution in [0.4, 0.5) is 4.79 Å². The molecule has 136 valence electrons. The molecule has 3 heterocycles. The minimum Gasteiger partial charge on any atom is -0.450 e. The van der Waals surface area contributed by atoms with E-state index in [1.807, 2.05) is 24.4 Å². The molecule has 0 fully saturated rings. The van der Waals surface area contributed by atoms with Crippen molar-refractivity contribution in [1.82, 2.24) is 20.1 Å². The van der Waals surface area contributed by atoms with Crippen molar-refractivity contribution in [3.63, 3.8) is 0 Å². The summed E-state index contributed by atoms with van der Waals surface area (Å²) in [5, 5.41) is 9.97. The molecule has 1 N–H and O–H groups in total. The van der Waals surface area contributed by atoms with Crippen LogP contribution >= 0.6 is 22.7 Å². The molecule has 0 aromatic carbocycles. The second-order valence-corrected chi connectivity index (χ2v) is 7.28. The van der Waals surface area contributed by atoms with E-state index in [2.05, 4.69) is 15.4 Å². The van der Waals surface area contributed by atoms with E-state index in [0.29, 0.717) is 12.3 Å². The number of ether oxygens (including phenoxy) is 1. The Labute approximate surface area is 158 Å². The fraction of sp³-hybridized carbons (Fsp3) is 0.294. The van der Waals surface area contributed by atoms with Crippen LogP contribution in [0.5, 0.6) is 0 Å². The monoisotopic (exact) mass is 390 g/mol. The summed E-state index contributed by atoms with van der Waals surface area (Å²) in [6, 6.07) is 7.21. The van der Waals surface area contributed by atoms with Crippen LogP contribution in [-0.4, -0.2) is 34.0 Å². The highest BCUT2D eigenvalue weighted by Crippen LogP contribution is 2.35. The Bertz CT molecular complexity index is 947. The first kappa shape index (κ1) is 18.3. The van der Waals surface area contributed by atoms with Crippen LogP contribution in [0.3, 0.4) is 0 Å². The molecule has 0 unspecified atom stereocenters. The zero-order chi connectivity index (χ0) is 18.5.